The van der Waals surface area contributed by atoms with Crippen LogP contribution in [-0.4, -0.2) is 32.6 Å². The van der Waals surface area contributed by atoms with Gasteiger partial charge in [-0.05, 0) is 36.6 Å². The van der Waals surface area contributed by atoms with Gasteiger partial charge in [0, 0.05) is 61.9 Å². The number of imidazole rings is 1. The van der Waals surface area contributed by atoms with Crippen LogP contribution < -0.4 is 4.90 Å². The monoisotopic (exact) mass is 319 g/mol. The molecule has 0 spiro atoms. The van der Waals surface area contributed by atoms with Gasteiger partial charge in [-0.25, -0.2) is 4.98 Å². The quantitative estimate of drug-likeness (QED) is 0.741. The maximum atomic E-state index is 4.67. The Labute approximate surface area is 142 Å². The topological polar surface area (TPSA) is 46.8 Å². The molecule has 0 radical (unpaired) electrons. The SMILES string of the molecule is c1cncc(Cn2ccnc2[C@@H]2CCCN(c3ccncc3)C2)c1. The minimum absolute atomic E-state index is 0.457. The predicted octanol–water partition coefficient (Wildman–Crippen LogP) is 3.11. The zero-order valence-electron chi connectivity index (χ0n) is 13.6. The first-order chi connectivity index (χ1) is 11.9. The van der Waals surface area contributed by atoms with Crippen molar-refractivity contribution >= 4 is 5.69 Å². The molecule has 4 heterocycles. The van der Waals surface area contributed by atoms with Gasteiger partial charge in [0.2, 0.25) is 0 Å². The normalized spacial score (nSPS) is 17.8. The number of nitrogens with zero attached hydrogens (tertiary/aromatic N) is 5. The largest absolute Gasteiger partial charge is 0.371 e. The van der Waals surface area contributed by atoms with E-state index < -0.39 is 0 Å². The van der Waals surface area contributed by atoms with E-state index in [1.165, 1.54) is 29.9 Å². The van der Waals surface area contributed by atoms with E-state index >= 15 is 0 Å². The first-order valence-corrected chi connectivity index (χ1v) is 8.45. The summed E-state index contributed by atoms with van der Waals surface area (Å²) in [6.45, 7) is 2.94. The molecule has 0 aromatic carbocycles. The highest BCUT2D eigenvalue weighted by molar-refractivity contribution is 5.45. The zero-order chi connectivity index (χ0) is 16.2. The van der Waals surface area contributed by atoms with Crippen molar-refractivity contribution in [1.29, 1.82) is 0 Å². The Morgan fingerprint density at radius 1 is 1.04 bits per heavy atom. The van der Waals surface area contributed by atoms with Gasteiger partial charge in [-0.15, -0.1) is 0 Å². The lowest BCUT2D eigenvalue weighted by Gasteiger charge is -2.34. The molecule has 1 aliphatic rings. The number of piperidine rings is 1. The second-order valence-electron chi connectivity index (χ2n) is 6.27. The summed E-state index contributed by atoms with van der Waals surface area (Å²) in [7, 11) is 0. The first kappa shape index (κ1) is 14.9. The van der Waals surface area contributed by atoms with E-state index in [0.717, 1.165) is 19.6 Å². The van der Waals surface area contributed by atoms with Gasteiger partial charge < -0.3 is 9.47 Å². The molecule has 1 saturated heterocycles. The molecule has 3 aromatic rings. The van der Waals surface area contributed by atoms with Crippen molar-refractivity contribution in [3.8, 4) is 0 Å². The summed E-state index contributed by atoms with van der Waals surface area (Å²) in [4.78, 5) is 15.4. The third-order valence-electron chi connectivity index (χ3n) is 4.64. The molecule has 0 aliphatic carbocycles. The lowest BCUT2D eigenvalue weighted by atomic mass is 9.96. The van der Waals surface area contributed by atoms with Gasteiger partial charge in [-0.1, -0.05) is 6.07 Å². The van der Waals surface area contributed by atoms with Gasteiger partial charge in [0.25, 0.3) is 0 Å². The van der Waals surface area contributed by atoms with Crippen LogP contribution in [0.15, 0.2) is 61.4 Å². The number of hydrogen-bond acceptors (Lipinski definition) is 4. The Balaban J connectivity index is 1.53. The van der Waals surface area contributed by atoms with Gasteiger partial charge >= 0.3 is 0 Å². The first-order valence-electron chi connectivity index (χ1n) is 8.45. The third kappa shape index (κ3) is 3.15. The minimum atomic E-state index is 0.457. The molecular weight excluding hydrogens is 298 g/mol. The highest BCUT2D eigenvalue weighted by atomic mass is 15.2. The molecule has 0 N–H and O–H groups in total. The van der Waals surface area contributed by atoms with Crippen molar-refractivity contribution in [1.82, 2.24) is 19.5 Å². The second-order valence-corrected chi connectivity index (χ2v) is 6.27. The maximum Gasteiger partial charge on any atom is 0.113 e. The molecule has 4 rings (SSSR count). The van der Waals surface area contributed by atoms with E-state index in [2.05, 4.69) is 48.8 Å². The molecule has 3 aromatic heterocycles. The molecule has 1 aliphatic heterocycles. The van der Waals surface area contributed by atoms with Gasteiger partial charge in [0.15, 0.2) is 0 Å². The van der Waals surface area contributed by atoms with E-state index in [9.17, 15) is 0 Å². The standard InChI is InChI=1S/C19H21N5/c1-3-16(13-21-7-1)14-24-12-10-22-19(24)17-4-2-11-23(15-17)18-5-8-20-9-6-18/h1,3,5-10,12-13,17H,2,4,11,14-15H2/t17-/m1/s1. The van der Waals surface area contributed by atoms with Gasteiger partial charge in [-0.3, -0.25) is 9.97 Å². The fourth-order valence-electron chi connectivity index (χ4n) is 3.48. The van der Waals surface area contributed by atoms with Crippen LogP contribution in [0.3, 0.4) is 0 Å². The van der Waals surface area contributed by atoms with E-state index in [0.29, 0.717) is 5.92 Å². The van der Waals surface area contributed by atoms with Crippen LogP contribution in [0.1, 0.15) is 30.1 Å². The summed E-state index contributed by atoms with van der Waals surface area (Å²) in [5, 5.41) is 0. The molecular formula is C19H21N5. The molecule has 122 valence electrons. The number of pyridine rings is 2. The van der Waals surface area contributed by atoms with Crippen LogP contribution in [-0.2, 0) is 6.54 Å². The van der Waals surface area contributed by atoms with Gasteiger partial charge in [0.1, 0.15) is 5.82 Å². The van der Waals surface area contributed by atoms with Crippen LogP contribution >= 0.6 is 0 Å². The maximum absolute atomic E-state index is 4.67. The molecule has 5 nitrogen and oxygen atoms in total. The van der Waals surface area contributed by atoms with Crippen molar-refractivity contribution in [3.63, 3.8) is 0 Å². The Morgan fingerprint density at radius 2 is 1.96 bits per heavy atom. The number of anilines is 1. The van der Waals surface area contributed by atoms with Crippen LogP contribution in [0.5, 0.6) is 0 Å². The smallest absolute Gasteiger partial charge is 0.113 e. The van der Waals surface area contributed by atoms with E-state index in [-0.39, 0.29) is 0 Å². The summed E-state index contributed by atoms with van der Waals surface area (Å²) in [6.07, 6.45) is 13.8. The number of rotatable bonds is 4. The molecule has 24 heavy (non-hydrogen) atoms. The average Bonchev–Trinajstić information content (AvgIpc) is 3.12. The minimum Gasteiger partial charge on any atom is -0.371 e. The molecule has 1 atom stereocenters. The van der Waals surface area contributed by atoms with Crippen molar-refractivity contribution in [2.75, 3.05) is 18.0 Å². The van der Waals surface area contributed by atoms with E-state index in [4.69, 9.17) is 0 Å². The number of aromatic nitrogens is 4. The lowest BCUT2D eigenvalue weighted by Crippen LogP contribution is -2.35. The van der Waals surface area contributed by atoms with E-state index in [1.807, 2.05) is 37.1 Å². The zero-order valence-corrected chi connectivity index (χ0v) is 13.6. The van der Waals surface area contributed by atoms with Crippen LogP contribution in [0.2, 0.25) is 0 Å². The Morgan fingerprint density at radius 3 is 2.79 bits per heavy atom. The summed E-state index contributed by atoms with van der Waals surface area (Å²) >= 11 is 0. The Kier molecular flexibility index (Phi) is 4.23. The fraction of sp³-hybridized carbons (Fsp3) is 0.316. The summed E-state index contributed by atoms with van der Waals surface area (Å²) in [6, 6.07) is 8.27. The van der Waals surface area contributed by atoms with Crippen molar-refractivity contribution in [2.24, 2.45) is 0 Å². The molecule has 0 unspecified atom stereocenters. The average molecular weight is 319 g/mol. The summed E-state index contributed by atoms with van der Waals surface area (Å²) in [5.41, 5.74) is 2.46. The molecule has 5 heteroatoms. The highest BCUT2D eigenvalue weighted by Crippen LogP contribution is 2.29. The second kappa shape index (κ2) is 6.83. The van der Waals surface area contributed by atoms with Gasteiger partial charge in [0.05, 0.1) is 6.54 Å². The molecule has 0 amide bonds. The Bertz CT molecular complexity index is 769. The van der Waals surface area contributed by atoms with Crippen molar-refractivity contribution < 1.29 is 0 Å². The third-order valence-corrected chi connectivity index (χ3v) is 4.64. The summed E-state index contributed by atoms with van der Waals surface area (Å²) in [5.74, 6) is 1.64. The number of hydrogen-bond donors (Lipinski definition) is 0. The van der Waals surface area contributed by atoms with Gasteiger partial charge in [-0.2, -0.15) is 0 Å². The van der Waals surface area contributed by atoms with E-state index in [1.54, 1.807) is 0 Å². The highest BCUT2D eigenvalue weighted by Gasteiger charge is 2.24. The summed E-state index contributed by atoms with van der Waals surface area (Å²) < 4.78 is 2.26. The predicted molar refractivity (Wildman–Crippen MR) is 94.0 cm³/mol. The Hall–Kier alpha value is -2.69. The van der Waals surface area contributed by atoms with Crippen LogP contribution in [0, 0.1) is 0 Å². The fourth-order valence-corrected chi connectivity index (χ4v) is 3.48. The van der Waals surface area contributed by atoms with Crippen molar-refractivity contribution in [2.45, 2.75) is 25.3 Å². The lowest BCUT2D eigenvalue weighted by molar-refractivity contribution is 0.476. The van der Waals surface area contributed by atoms with Crippen molar-refractivity contribution in [3.05, 3.63) is 72.8 Å². The molecule has 1 fully saturated rings. The van der Waals surface area contributed by atoms with Crippen LogP contribution in [0.25, 0.3) is 0 Å². The van der Waals surface area contributed by atoms with Crippen LogP contribution in [0.4, 0.5) is 5.69 Å². The molecule has 0 bridgehead atoms. The molecule has 0 saturated carbocycles.